The van der Waals surface area contributed by atoms with Crippen molar-refractivity contribution in [2.75, 3.05) is 0 Å². The van der Waals surface area contributed by atoms with Crippen molar-refractivity contribution < 1.29 is 4.42 Å². The van der Waals surface area contributed by atoms with Gasteiger partial charge in [0, 0.05) is 32.5 Å². The van der Waals surface area contributed by atoms with Crippen LogP contribution in [-0.2, 0) is 0 Å². The summed E-state index contributed by atoms with van der Waals surface area (Å²) in [6.07, 6.45) is 0. The van der Waals surface area contributed by atoms with Crippen molar-refractivity contribution in [1.82, 2.24) is 14.5 Å². The molecule has 0 spiro atoms. The molecule has 0 radical (unpaired) electrons. The van der Waals surface area contributed by atoms with E-state index in [0.29, 0.717) is 5.95 Å². The summed E-state index contributed by atoms with van der Waals surface area (Å²) in [4.78, 5) is 10.9. The van der Waals surface area contributed by atoms with Crippen LogP contribution in [-0.4, -0.2) is 14.5 Å². The van der Waals surface area contributed by atoms with E-state index in [1.165, 1.54) is 81.1 Å². The molecule has 14 aromatic rings. The van der Waals surface area contributed by atoms with Gasteiger partial charge in [0.05, 0.1) is 22.2 Å². The fourth-order valence-electron chi connectivity index (χ4n) is 10.3. The Hall–Kier alpha value is -8.08. The lowest BCUT2D eigenvalue weighted by molar-refractivity contribution is 0.669. The first-order chi connectivity index (χ1) is 29.7. The smallest absolute Gasteiger partial charge is 0.235 e. The molecule has 0 N–H and O–H groups in total. The van der Waals surface area contributed by atoms with Gasteiger partial charge in [-0.2, -0.15) is 0 Å². The Morgan fingerprint density at radius 1 is 0.333 bits per heavy atom. The topological polar surface area (TPSA) is 43.9 Å². The highest BCUT2D eigenvalue weighted by Gasteiger charge is 2.24. The average molecular weight is 762 g/mol. The zero-order chi connectivity index (χ0) is 39.1. The first-order valence-corrected chi connectivity index (χ1v) is 20.5. The molecule has 0 atom stereocenters. The van der Waals surface area contributed by atoms with E-state index in [0.717, 1.165) is 49.7 Å². The van der Waals surface area contributed by atoms with Crippen LogP contribution in [0.15, 0.2) is 192 Å². The van der Waals surface area contributed by atoms with Crippen molar-refractivity contribution in [3.63, 3.8) is 0 Å². The van der Waals surface area contributed by atoms with Crippen LogP contribution in [0, 0.1) is 0 Å². The third kappa shape index (κ3) is 4.29. The Morgan fingerprint density at radius 3 is 1.77 bits per heavy atom. The van der Waals surface area contributed by atoms with Gasteiger partial charge in [-0.05, 0) is 107 Å². The summed E-state index contributed by atoms with van der Waals surface area (Å²) < 4.78 is 8.89. The first kappa shape index (κ1) is 31.9. The molecular weight excluding hydrogens is 731 g/mol. The molecule has 0 saturated carbocycles. The van der Waals surface area contributed by atoms with E-state index in [9.17, 15) is 0 Å². The van der Waals surface area contributed by atoms with Crippen LogP contribution in [0.4, 0.5) is 0 Å². The highest BCUT2D eigenvalue weighted by atomic mass is 16.3. The van der Waals surface area contributed by atoms with E-state index in [-0.39, 0.29) is 0 Å². The SMILES string of the molecule is c1ccc(-c2ccc3cc(-c4nc(-n5c6ccccc6c6c7cccc8c9cccc%10c%11c(cc(c(cc65)c87)c9%10)oc5ccccc5%11)nc5ccccc45)ccc3c2)cc1. The summed E-state index contributed by atoms with van der Waals surface area (Å²) in [5, 5.41) is 17.9. The summed E-state index contributed by atoms with van der Waals surface area (Å²) >= 11 is 0. The Labute approximate surface area is 342 Å². The van der Waals surface area contributed by atoms with Crippen LogP contribution in [0.2, 0.25) is 0 Å². The van der Waals surface area contributed by atoms with Crippen LogP contribution in [0.5, 0.6) is 0 Å². The number of rotatable bonds is 3. The van der Waals surface area contributed by atoms with Gasteiger partial charge >= 0.3 is 0 Å². The molecule has 0 unspecified atom stereocenters. The van der Waals surface area contributed by atoms with Gasteiger partial charge in [-0.3, -0.25) is 4.57 Å². The lowest BCUT2D eigenvalue weighted by Gasteiger charge is -2.16. The number of fused-ring (bicyclic) bond motifs is 12. The van der Waals surface area contributed by atoms with Gasteiger partial charge in [0.1, 0.15) is 11.2 Å². The normalized spacial score (nSPS) is 12.3. The van der Waals surface area contributed by atoms with E-state index >= 15 is 0 Å². The molecule has 14 rings (SSSR count). The number of aromatic nitrogens is 3. The third-order valence-corrected chi connectivity index (χ3v) is 12.9. The second kappa shape index (κ2) is 11.8. The van der Waals surface area contributed by atoms with Crippen LogP contribution in [0.3, 0.4) is 0 Å². The molecule has 0 saturated heterocycles. The fourth-order valence-corrected chi connectivity index (χ4v) is 10.3. The van der Waals surface area contributed by atoms with Crippen molar-refractivity contribution in [2.45, 2.75) is 0 Å². The molecule has 0 fully saturated rings. The highest BCUT2D eigenvalue weighted by molar-refractivity contribution is 6.41. The average Bonchev–Trinajstić information content (AvgIpc) is 3.86. The molecule has 11 aromatic carbocycles. The largest absolute Gasteiger partial charge is 0.456 e. The van der Waals surface area contributed by atoms with Crippen LogP contribution >= 0.6 is 0 Å². The summed E-state index contributed by atoms with van der Waals surface area (Å²) in [6.45, 7) is 0. The van der Waals surface area contributed by atoms with E-state index < -0.39 is 0 Å². The van der Waals surface area contributed by atoms with Gasteiger partial charge in [-0.25, -0.2) is 9.97 Å². The molecule has 60 heavy (non-hydrogen) atoms. The lowest BCUT2D eigenvalue weighted by Crippen LogP contribution is -2.03. The van der Waals surface area contributed by atoms with E-state index in [1.54, 1.807) is 0 Å². The van der Waals surface area contributed by atoms with Crippen molar-refractivity contribution in [3.8, 4) is 28.3 Å². The van der Waals surface area contributed by atoms with Gasteiger partial charge in [0.25, 0.3) is 0 Å². The number of para-hydroxylation sites is 3. The predicted molar refractivity (Wildman–Crippen MR) is 251 cm³/mol. The molecule has 4 nitrogen and oxygen atoms in total. The van der Waals surface area contributed by atoms with E-state index in [2.05, 4.69) is 187 Å². The van der Waals surface area contributed by atoms with Crippen LogP contribution in [0.25, 0.3) is 137 Å². The Bertz CT molecular complexity index is 4120. The standard InChI is InChI=1S/C56H31N3O/c1-2-12-32(13-3-1)33-24-25-35-29-36(27-26-34(35)28-33)55-39-14-4-7-21-46(39)57-56(58-55)59-47-22-8-5-15-40(47)53-42-19-10-17-37-38-18-11-20-43-52(38)45(44(51(37)42)30-48(53)59)31-50-54(43)41-16-6-9-23-49(41)60-50/h1-31H. The monoisotopic (exact) mass is 761 g/mol. The quantitative estimate of drug-likeness (QED) is 0.133. The van der Waals surface area contributed by atoms with Gasteiger partial charge in [0.2, 0.25) is 5.95 Å². The number of furan rings is 1. The molecule has 0 aliphatic rings. The highest BCUT2D eigenvalue weighted by Crippen LogP contribution is 2.48. The van der Waals surface area contributed by atoms with Crippen molar-refractivity contribution in [1.29, 1.82) is 0 Å². The molecule has 4 heteroatoms. The van der Waals surface area contributed by atoms with Crippen molar-refractivity contribution in [3.05, 3.63) is 188 Å². The van der Waals surface area contributed by atoms with E-state index in [4.69, 9.17) is 14.4 Å². The lowest BCUT2D eigenvalue weighted by atomic mass is 9.87. The Balaban J connectivity index is 1.08. The van der Waals surface area contributed by atoms with E-state index in [1.807, 2.05) is 6.07 Å². The minimum absolute atomic E-state index is 0.645. The Morgan fingerprint density at radius 2 is 0.950 bits per heavy atom. The number of benzene rings is 11. The van der Waals surface area contributed by atoms with Crippen molar-refractivity contribution >= 4 is 109 Å². The molecule has 0 bridgehead atoms. The van der Waals surface area contributed by atoms with Gasteiger partial charge in [0.15, 0.2) is 0 Å². The summed E-state index contributed by atoms with van der Waals surface area (Å²) in [7, 11) is 0. The number of hydrogen-bond acceptors (Lipinski definition) is 3. The van der Waals surface area contributed by atoms with Gasteiger partial charge < -0.3 is 4.42 Å². The second-order valence-corrected chi connectivity index (χ2v) is 16.1. The number of hydrogen-bond donors (Lipinski definition) is 0. The van der Waals surface area contributed by atoms with Crippen LogP contribution < -0.4 is 0 Å². The molecule has 3 aromatic heterocycles. The molecule has 0 amide bonds. The zero-order valence-electron chi connectivity index (χ0n) is 32.1. The summed E-state index contributed by atoms with van der Waals surface area (Å²) in [6, 6.07) is 67.6. The minimum atomic E-state index is 0.645. The fraction of sp³-hybridized carbons (Fsp3) is 0. The summed E-state index contributed by atoms with van der Waals surface area (Å²) in [5.74, 6) is 0.645. The second-order valence-electron chi connectivity index (χ2n) is 16.1. The van der Waals surface area contributed by atoms with Gasteiger partial charge in [-0.1, -0.05) is 146 Å². The maximum atomic E-state index is 6.60. The summed E-state index contributed by atoms with van der Waals surface area (Å²) in [5.41, 5.74) is 9.23. The molecular formula is C56H31N3O. The molecule has 0 aliphatic carbocycles. The molecule has 3 heterocycles. The van der Waals surface area contributed by atoms with Gasteiger partial charge in [-0.15, -0.1) is 0 Å². The third-order valence-electron chi connectivity index (χ3n) is 12.9. The van der Waals surface area contributed by atoms with Crippen LogP contribution in [0.1, 0.15) is 0 Å². The molecule has 0 aliphatic heterocycles. The maximum absolute atomic E-state index is 6.60. The minimum Gasteiger partial charge on any atom is -0.456 e. The maximum Gasteiger partial charge on any atom is 0.235 e. The molecule has 276 valence electrons. The Kier molecular flexibility index (Phi) is 6.26. The number of nitrogens with zero attached hydrogens (tertiary/aromatic N) is 3. The zero-order valence-corrected chi connectivity index (χ0v) is 32.1. The predicted octanol–water partition coefficient (Wildman–Crippen LogP) is 15.2. The van der Waals surface area contributed by atoms with Crippen molar-refractivity contribution in [2.24, 2.45) is 0 Å². The first-order valence-electron chi connectivity index (χ1n) is 20.5.